The summed E-state index contributed by atoms with van der Waals surface area (Å²) in [7, 11) is 1.65. The smallest absolute Gasteiger partial charge is 0.159 e. The number of nitrogen functional groups attached to an aromatic ring is 1. The summed E-state index contributed by atoms with van der Waals surface area (Å²) < 4.78 is 5.20. The van der Waals surface area contributed by atoms with Gasteiger partial charge in [-0.3, -0.25) is 4.90 Å². The van der Waals surface area contributed by atoms with Gasteiger partial charge in [0, 0.05) is 38.4 Å². The molecule has 0 bridgehead atoms. The van der Waals surface area contributed by atoms with E-state index in [0.717, 1.165) is 50.0 Å². The lowest BCUT2D eigenvalue weighted by atomic mass is 10.2. The van der Waals surface area contributed by atoms with Gasteiger partial charge in [0.05, 0.1) is 7.11 Å². The van der Waals surface area contributed by atoms with Crippen molar-refractivity contribution < 1.29 is 4.74 Å². The Morgan fingerprint density at radius 1 is 0.966 bits per heavy atom. The molecule has 7 heteroatoms. The van der Waals surface area contributed by atoms with E-state index in [1.54, 1.807) is 13.4 Å². The largest absolute Gasteiger partial charge is 0.497 e. The lowest BCUT2D eigenvalue weighted by Gasteiger charge is -2.36. The predicted molar refractivity (Wildman–Crippen MR) is 117 cm³/mol. The third-order valence-electron chi connectivity index (χ3n) is 5.14. The minimum absolute atomic E-state index is 0.569. The zero-order valence-electron chi connectivity index (χ0n) is 16.6. The van der Waals surface area contributed by atoms with E-state index in [0.29, 0.717) is 11.5 Å². The van der Waals surface area contributed by atoms with Crippen LogP contribution in [0.4, 0.5) is 23.0 Å². The first-order valence-corrected chi connectivity index (χ1v) is 9.76. The van der Waals surface area contributed by atoms with Crippen molar-refractivity contribution in [3.05, 3.63) is 66.5 Å². The molecule has 3 N–H and O–H groups in total. The number of piperazine rings is 1. The van der Waals surface area contributed by atoms with Gasteiger partial charge in [0.1, 0.15) is 17.8 Å². The monoisotopic (exact) mass is 390 g/mol. The van der Waals surface area contributed by atoms with E-state index in [1.165, 1.54) is 5.56 Å². The second kappa shape index (κ2) is 8.79. The fourth-order valence-electron chi connectivity index (χ4n) is 3.51. The van der Waals surface area contributed by atoms with Crippen LogP contribution in [0.15, 0.2) is 60.9 Å². The molecule has 2 heterocycles. The molecule has 0 amide bonds. The standard InChI is InChI=1S/C22H26N6O/c1-29-19-9-7-18(8-10-19)26-21-20(23)22(25-16-24-21)28-13-11-27(12-14-28)15-17-5-3-2-4-6-17/h2-10,16H,11-15,23H2,1H3,(H,24,25,26). The van der Waals surface area contributed by atoms with Crippen molar-refractivity contribution >= 4 is 23.0 Å². The average Bonchev–Trinajstić information content (AvgIpc) is 2.77. The molecule has 1 saturated heterocycles. The van der Waals surface area contributed by atoms with Gasteiger partial charge >= 0.3 is 0 Å². The van der Waals surface area contributed by atoms with Gasteiger partial charge in [-0.1, -0.05) is 30.3 Å². The van der Waals surface area contributed by atoms with E-state index in [2.05, 4.69) is 55.4 Å². The Hall–Kier alpha value is -3.32. The second-order valence-electron chi connectivity index (χ2n) is 7.06. The van der Waals surface area contributed by atoms with E-state index < -0.39 is 0 Å². The molecule has 1 aliphatic rings. The summed E-state index contributed by atoms with van der Waals surface area (Å²) >= 11 is 0. The van der Waals surface area contributed by atoms with Crippen LogP contribution >= 0.6 is 0 Å². The molecule has 7 nitrogen and oxygen atoms in total. The number of rotatable bonds is 6. The molecule has 29 heavy (non-hydrogen) atoms. The van der Waals surface area contributed by atoms with Crippen molar-refractivity contribution in [3.63, 3.8) is 0 Å². The minimum atomic E-state index is 0.569. The van der Waals surface area contributed by atoms with Gasteiger partial charge in [0.15, 0.2) is 11.6 Å². The summed E-state index contributed by atoms with van der Waals surface area (Å²) in [6.07, 6.45) is 1.56. The molecule has 1 aliphatic heterocycles. The lowest BCUT2D eigenvalue weighted by molar-refractivity contribution is 0.249. The average molecular weight is 390 g/mol. The Kier molecular flexibility index (Phi) is 5.76. The summed E-state index contributed by atoms with van der Waals surface area (Å²) in [5.41, 5.74) is 9.22. The van der Waals surface area contributed by atoms with Gasteiger partial charge in [0.2, 0.25) is 0 Å². The van der Waals surface area contributed by atoms with Crippen molar-refractivity contribution in [1.29, 1.82) is 0 Å². The van der Waals surface area contributed by atoms with E-state index in [1.807, 2.05) is 24.3 Å². The molecular formula is C22H26N6O. The van der Waals surface area contributed by atoms with Crippen molar-refractivity contribution in [2.75, 3.05) is 49.2 Å². The first-order chi connectivity index (χ1) is 14.2. The molecule has 0 radical (unpaired) electrons. The van der Waals surface area contributed by atoms with Gasteiger partial charge in [0.25, 0.3) is 0 Å². The lowest BCUT2D eigenvalue weighted by Crippen LogP contribution is -2.46. The molecule has 3 aromatic rings. The summed E-state index contributed by atoms with van der Waals surface area (Å²) in [5.74, 6) is 2.21. The molecule has 2 aromatic carbocycles. The third-order valence-corrected chi connectivity index (χ3v) is 5.14. The summed E-state index contributed by atoms with van der Waals surface area (Å²) in [4.78, 5) is 13.5. The van der Waals surface area contributed by atoms with Crippen LogP contribution in [0.5, 0.6) is 5.75 Å². The van der Waals surface area contributed by atoms with Crippen LogP contribution < -0.4 is 20.7 Å². The highest BCUT2D eigenvalue weighted by atomic mass is 16.5. The summed E-state index contributed by atoms with van der Waals surface area (Å²) in [6, 6.07) is 18.2. The molecule has 1 aromatic heterocycles. The molecular weight excluding hydrogens is 364 g/mol. The Labute approximate surface area is 171 Å². The number of aromatic nitrogens is 2. The molecule has 0 atom stereocenters. The molecule has 0 spiro atoms. The third kappa shape index (κ3) is 4.57. The fourth-order valence-corrected chi connectivity index (χ4v) is 3.51. The number of benzene rings is 2. The van der Waals surface area contributed by atoms with E-state index in [4.69, 9.17) is 10.5 Å². The van der Waals surface area contributed by atoms with Crippen molar-refractivity contribution in [2.24, 2.45) is 0 Å². The maximum Gasteiger partial charge on any atom is 0.159 e. The highest BCUT2D eigenvalue weighted by molar-refractivity contribution is 5.78. The molecule has 150 valence electrons. The van der Waals surface area contributed by atoms with E-state index in [-0.39, 0.29) is 0 Å². The van der Waals surface area contributed by atoms with Crippen LogP contribution in [-0.2, 0) is 6.54 Å². The number of nitrogens with zero attached hydrogens (tertiary/aromatic N) is 4. The number of anilines is 4. The quantitative estimate of drug-likeness (QED) is 0.669. The Balaban J connectivity index is 1.41. The zero-order valence-corrected chi connectivity index (χ0v) is 16.6. The summed E-state index contributed by atoms with van der Waals surface area (Å²) in [6.45, 7) is 4.68. The van der Waals surface area contributed by atoms with Crippen LogP contribution in [0.2, 0.25) is 0 Å². The minimum Gasteiger partial charge on any atom is -0.497 e. The topological polar surface area (TPSA) is 79.5 Å². The number of ether oxygens (including phenoxy) is 1. The number of nitrogens with one attached hydrogen (secondary N) is 1. The van der Waals surface area contributed by atoms with Gasteiger partial charge in [-0.05, 0) is 29.8 Å². The van der Waals surface area contributed by atoms with Gasteiger partial charge in [-0.2, -0.15) is 0 Å². The summed E-state index contributed by atoms with van der Waals surface area (Å²) in [5, 5.41) is 3.28. The Morgan fingerprint density at radius 2 is 1.69 bits per heavy atom. The highest BCUT2D eigenvalue weighted by Gasteiger charge is 2.21. The zero-order chi connectivity index (χ0) is 20.1. The molecule has 0 unspecified atom stereocenters. The van der Waals surface area contributed by atoms with Crippen LogP contribution in [0, 0.1) is 0 Å². The van der Waals surface area contributed by atoms with Crippen LogP contribution in [0.25, 0.3) is 0 Å². The van der Waals surface area contributed by atoms with Gasteiger partial charge < -0.3 is 20.7 Å². The Bertz CT molecular complexity index is 924. The number of hydrogen-bond donors (Lipinski definition) is 2. The number of hydrogen-bond acceptors (Lipinski definition) is 7. The van der Waals surface area contributed by atoms with Crippen LogP contribution in [-0.4, -0.2) is 48.2 Å². The fraction of sp³-hybridized carbons (Fsp3) is 0.273. The van der Waals surface area contributed by atoms with Crippen molar-refractivity contribution in [3.8, 4) is 5.75 Å². The van der Waals surface area contributed by atoms with Crippen LogP contribution in [0.1, 0.15) is 5.56 Å². The second-order valence-corrected chi connectivity index (χ2v) is 7.06. The maximum absolute atomic E-state index is 6.41. The first kappa shape index (κ1) is 19.0. The molecule has 1 fully saturated rings. The van der Waals surface area contributed by atoms with Crippen molar-refractivity contribution in [2.45, 2.75) is 6.54 Å². The predicted octanol–water partition coefficient (Wildman–Crippen LogP) is 3.13. The molecule has 0 aliphatic carbocycles. The van der Waals surface area contributed by atoms with Crippen molar-refractivity contribution in [1.82, 2.24) is 14.9 Å². The molecule has 4 rings (SSSR count). The molecule has 0 saturated carbocycles. The first-order valence-electron chi connectivity index (χ1n) is 9.76. The van der Waals surface area contributed by atoms with Gasteiger partial charge in [-0.25, -0.2) is 9.97 Å². The normalized spacial score (nSPS) is 14.6. The van der Waals surface area contributed by atoms with Gasteiger partial charge in [-0.15, -0.1) is 0 Å². The maximum atomic E-state index is 6.41. The number of nitrogens with two attached hydrogens (primary N) is 1. The van der Waals surface area contributed by atoms with E-state index >= 15 is 0 Å². The highest BCUT2D eigenvalue weighted by Crippen LogP contribution is 2.29. The Morgan fingerprint density at radius 3 is 2.38 bits per heavy atom. The van der Waals surface area contributed by atoms with Crippen LogP contribution in [0.3, 0.4) is 0 Å². The SMILES string of the molecule is COc1ccc(Nc2ncnc(N3CCN(Cc4ccccc4)CC3)c2N)cc1. The van der Waals surface area contributed by atoms with E-state index in [9.17, 15) is 0 Å². The number of methoxy groups -OCH3 is 1.